The molecule has 150 valence electrons. The van der Waals surface area contributed by atoms with Gasteiger partial charge in [0.05, 0.1) is 5.56 Å². The number of likely N-dealkylation sites (tertiary alicyclic amines) is 1. The Labute approximate surface area is 174 Å². The number of benzene rings is 2. The van der Waals surface area contributed by atoms with Crippen molar-refractivity contribution in [2.75, 3.05) is 31.1 Å². The molecule has 2 saturated heterocycles. The van der Waals surface area contributed by atoms with E-state index in [4.69, 9.17) is 5.21 Å². The molecule has 29 heavy (non-hydrogen) atoms. The van der Waals surface area contributed by atoms with Crippen LogP contribution in [-0.4, -0.2) is 52.2 Å². The van der Waals surface area contributed by atoms with Crippen LogP contribution in [0.1, 0.15) is 15.9 Å². The van der Waals surface area contributed by atoms with E-state index < -0.39 is 5.91 Å². The van der Waals surface area contributed by atoms with Crippen molar-refractivity contribution in [1.29, 1.82) is 0 Å². The average molecular weight is 412 g/mol. The van der Waals surface area contributed by atoms with Crippen LogP contribution in [-0.2, 0) is 6.54 Å². The molecule has 2 N–H and O–H groups in total. The number of aromatic nitrogens is 2. The highest BCUT2D eigenvalue weighted by Gasteiger charge is 2.52. The Kier molecular flexibility index (Phi) is 5.12. The van der Waals surface area contributed by atoms with E-state index in [1.54, 1.807) is 5.48 Å². The fourth-order valence-corrected chi connectivity index (χ4v) is 4.46. The summed E-state index contributed by atoms with van der Waals surface area (Å²) in [4.78, 5) is 24.5. The highest BCUT2D eigenvalue weighted by molar-refractivity contribution is 5.92. The lowest BCUT2D eigenvalue weighted by atomic mass is 9.73. The summed E-state index contributed by atoms with van der Waals surface area (Å²) >= 11 is 0. The molecule has 0 atom stereocenters. The summed E-state index contributed by atoms with van der Waals surface area (Å²) in [6.45, 7) is 5.01. The summed E-state index contributed by atoms with van der Waals surface area (Å²) in [5.74, 6) is 0.0299. The molecule has 1 aromatic heterocycles. The van der Waals surface area contributed by atoms with Crippen molar-refractivity contribution < 1.29 is 10.0 Å². The molecule has 8 heteroatoms. The van der Waals surface area contributed by atoms with Crippen molar-refractivity contribution in [1.82, 2.24) is 20.3 Å². The number of hydrogen-bond acceptors (Lipinski definition) is 6. The maximum atomic E-state index is 11.3. The van der Waals surface area contributed by atoms with Crippen LogP contribution in [0.5, 0.6) is 0 Å². The Morgan fingerprint density at radius 3 is 2.45 bits per heavy atom. The molecule has 1 amide bonds. The van der Waals surface area contributed by atoms with Crippen molar-refractivity contribution in [3.8, 4) is 0 Å². The third-order valence-electron chi connectivity index (χ3n) is 5.73. The zero-order valence-corrected chi connectivity index (χ0v) is 16.6. The Balaban J connectivity index is 0.00000205. The van der Waals surface area contributed by atoms with Gasteiger partial charge in [0, 0.05) is 50.5 Å². The molecule has 3 heterocycles. The second kappa shape index (κ2) is 7.59. The zero-order chi connectivity index (χ0) is 19.1. The smallest absolute Gasteiger partial charge is 0.277 e. The molecular weight excluding hydrogens is 390 g/mol. The van der Waals surface area contributed by atoms with E-state index in [1.807, 2.05) is 0 Å². The standard InChI is InChI=1S/C21H21N5O2.ClH/c27-19(24-28)17-8-22-20(23-9-17)26-13-21(14-26)11-25(12-21)10-16-6-3-5-15-4-1-2-7-18(15)16;/h1-9,28H,10-14H2,(H,24,27);1H. The van der Waals surface area contributed by atoms with Gasteiger partial charge in [-0.15, -0.1) is 12.4 Å². The van der Waals surface area contributed by atoms with Crippen LogP contribution in [0.4, 0.5) is 5.95 Å². The minimum Gasteiger partial charge on any atom is -0.339 e. The SMILES string of the molecule is Cl.O=C(NO)c1cnc(N2CC3(CN(Cc4cccc5ccccc45)C3)C2)nc1. The Hall–Kier alpha value is -2.74. The van der Waals surface area contributed by atoms with Gasteiger partial charge in [-0.2, -0.15) is 0 Å². The van der Waals surface area contributed by atoms with Gasteiger partial charge in [0.25, 0.3) is 5.91 Å². The van der Waals surface area contributed by atoms with Crippen molar-refractivity contribution in [3.63, 3.8) is 0 Å². The maximum Gasteiger partial charge on any atom is 0.277 e. The monoisotopic (exact) mass is 411 g/mol. The number of carbonyl (C=O) groups is 1. The molecule has 1 spiro atoms. The summed E-state index contributed by atoms with van der Waals surface area (Å²) in [5, 5.41) is 11.3. The number of amides is 1. The van der Waals surface area contributed by atoms with Crippen LogP contribution in [0.25, 0.3) is 10.8 Å². The number of nitrogens with zero attached hydrogens (tertiary/aromatic N) is 4. The minimum atomic E-state index is -0.602. The number of carbonyl (C=O) groups excluding carboxylic acids is 1. The zero-order valence-electron chi connectivity index (χ0n) is 15.8. The first-order valence-corrected chi connectivity index (χ1v) is 9.36. The predicted octanol–water partition coefficient (Wildman–Crippen LogP) is 2.49. The van der Waals surface area contributed by atoms with Gasteiger partial charge in [-0.05, 0) is 16.3 Å². The molecule has 2 aromatic carbocycles. The first kappa shape index (κ1) is 19.6. The van der Waals surface area contributed by atoms with Gasteiger partial charge in [-0.25, -0.2) is 15.4 Å². The topological polar surface area (TPSA) is 81.6 Å². The first-order chi connectivity index (χ1) is 13.7. The van der Waals surface area contributed by atoms with E-state index in [9.17, 15) is 4.79 Å². The fraction of sp³-hybridized carbons (Fsp3) is 0.286. The number of anilines is 1. The summed E-state index contributed by atoms with van der Waals surface area (Å²) in [5.41, 5.74) is 3.54. The maximum absolute atomic E-state index is 11.3. The molecule has 0 unspecified atom stereocenters. The molecule has 7 nitrogen and oxygen atoms in total. The second-order valence-corrected chi connectivity index (χ2v) is 7.85. The van der Waals surface area contributed by atoms with Gasteiger partial charge < -0.3 is 4.90 Å². The summed E-state index contributed by atoms with van der Waals surface area (Å²) in [6.07, 6.45) is 2.87. The molecule has 2 aliphatic rings. The van der Waals surface area contributed by atoms with Gasteiger partial charge in [0.15, 0.2) is 0 Å². The van der Waals surface area contributed by atoms with Gasteiger partial charge >= 0.3 is 0 Å². The van der Waals surface area contributed by atoms with Crippen LogP contribution in [0, 0.1) is 5.41 Å². The van der Waals surface area contributed by atoms with Gasteiger partial charge in [0.2, 0.25) is 5.95 Å². The molecule has 3 aromatic rings. The van der Waals surface area contributed by atoms with E-state index in [-0.39, 0.29) is 18.0 Å². The molecule has 0 bridgehead atoms. The molecule has 2 aliphatic heterocycles. The Bertz CT molecular complexity index is 1020. The summed E-state index contributed by atoms with van der Waals surface area (Å²) in [7, 11) is 0. The lowest BCUT2D eigenvalue weighted by Crippen LogP contribution is -2.72. The number of nitrogens with one attached hydrogen (secondary N) is 1. The van der Waals surface area contributed by atoms with Crippen molar-refractivity contribution in [3.05, 3.63) is 66.0 Å². The average Bonchev–Trinajstić information content (AvgIpc) is 2.68. The molecule has 0 radical (unpaired) electrons. The fourth-order valence-electron chi connectivity index (χ4n) is 4.46. The highest BCUT2D eigenvalue weighted by atomic mass is 35.5. The molecule has 5 rings (SSSR count). The molecule has 2 fully saturated rings. The third kappa shape index (κ3) is 3.53. The number of halogens is 1. The van der Waals surface area contributed by atoms with E-state index in [0.29, 0.717) is 11.4 Å². The normalized spacial score (nSPS) is 17.3. The highest BCUT2D eigenvalue weighted by Crippen LogP contribution is 2.41. The van der Waals surface area contributed by atoms with Crippen molar-refractivity contribution >= 4 is 35.0 Å². The summed E-state index contributed by atoms with van der Waals surface area (Å²) in [6, 6.07) is 15.1. The Morgan fingerprint density at radius 2 is 1.72 bits per heavy atom. The second-order valence-electron chi connectivity index (χ2n) is 7.85. The Morgan fingerprint density at radius 1 is 1.03 bits per heavy atom. The number of hydrogen-bond donors (Lipinski definition) is 2. The molecule has 0 aliphatic carbocycles. The van der Waals surface area contributed by atoms with E-state index in [0.717, 1.165) is 32.7 Å². The van der Waals surface area contributed by atoms with Crippen LogP contribution >= 0.6 is 12.4 Å². The number of hydroxylamine groups is 1. The number of rotatable bonds is 4. The van der Waals surface area contributed by atoms with Crippen molar-refractivity contribution in [2.24, 2.45) is 5.41 Å². The first-order valence-electron chi connectivity index (χ1n) is 9.36. The van der Waals surface area contributed by atoms with Gasteiger partial charge in [-0.1, -0.05) is 42.5 Å². The molecular formula is C21H22ClN5O2. The quantitative estimate of drug-likeness (QED) is 0.507. The van der Waals surface area contributed by atoms with E-state index in [1.165, 1.54) is 28.7 Å². The predicted molar refractivity (Wildman–Crippen MR) is 112 cm³/mol. The van der Waals surface area contributed by atoms with Crippen molar-refractivity contribution in [2.45, 2.75) is 6.54 Å². The van der Waals surface area contributed by atoms with E-state index in [2.05, 4.69) is 62.2 Å². The van der Waals surface area contributed by atoms with Crippen LogP contribution in [0.3, 0.4) is 0 Å². The van der Waals surface area contributed by atoms with E-state index >= 15 is 0 Å². The third-order valence-corrected chi connectivity index (χ3v) is 5.73. The number of fused-ring (bicyclic) bond motifs is 1. The van der Waals surface area contributed by atoms with Crippen LogP contribution < -0.4 is 10.4 Å². The minimum absolute atomic E-state index is 0. The largest absolute Gasteiger partial charge is 0.339 e. The van der Waals surface area contributed by atoms with Gasteiger partial charge in [0.1, 0.15) is 0 Å². The lowest BCUT2D eigenvalue weighted by molar-refractivity contribution is -0.0278. The molecule has 0 saturated carbocycles. The van der Waals surface area contributed by atoms with Crippen LogP contribution in [0.15, 0.2) is 54.9 Å². The summed E-state index contributed by atoms with van der Waals surface area (Å²) < 4.78 is 0. The lowest BCUT2D eigenvalue weighted by Gasteiger charge is -2.60. The van der Waals surface area contributed by atoms with Crippen LogP contribution in [0.2, 0.25) is 0 Å². The van der Waals surface area contributed by atoms with Gasteiger partial charge in [-0.3, -0.25) is 14.9 Å².